The lowest BCUT2D eigenvalue weighted by molar-refractivity contribution is 0.103. The average molecular weight is 398 g/mol. The number of ketones is 1. The van der Waals surface area contributed by atoms with Gasteiger partial charge in [0.15, 0.2) is 5.78 Å². The van der Waals surface area contributed by atoms with E-state index in [0.717, 1.165) is 0 Å². The number of carbonyl (C=O) groups is 1. The zero-order chi connectivity index (χ0) is 18.4. The molecule has 0 atom stereocenters. The largest absolute Gasteiger partial charge is 0.460 e. The summed E-state index contributed by atoms with van der Waals surface area (Å²) in [7, 11) is -4.05. The van der Waals surface area contributed by atoms with E-state index in [0.29, 0.717) is 33.7 Å². The normalized spacial score (nSPS) is 11.8. The van der Waals surface area contributed by atoms with Crippen LogP contribution in [0.4, 0.5) is 0 Å². The zero-order valence-corrected chi connectivity index (χ0v) is 15.4. The van der Waals surface area contributed by atoms with Gasteiger partial charge >= 0.3 is 0 Å². The highest BCUT2D eigenvalue weighted by molar-refractivity contribution is 7.89. The van der Waals surface area contributed by atoms with Crippen molar-refractivity contribution >= 4 is 50.0 Å². The predicted molar refractivity (Wildman–Crippen MR) is 96.9 cm³/mol. The summed E-state index contributed by atoms with van der Waals surface area (Å²) in [6, 6.07) is 8.94. The highest BCUT2D eigenvalue weighted by atomic mass is 35.5. The van der Waals surface area contributed by atoms with E-state index in [1.54, 1.807) is 18.2 Å². The van der Waals surface area contributed by atoms with E-state index in [4.69, 9.17) is 32.8 Å². The van der Waals surface area contributed by atoms with Crippen molar-refractivity contribution in [2.75, 3.05) is 0 Å². The molecule has 1 heterocycles. The summed E-state index contributed by atoms with van der Waals surface area (Å²) in [6.07, 6.45) is 0.489. The van der Waals surface area contributed by atoms with E-state index in [1.807, 2.05) is 6.92 Å². The number of primary sulfonamides is 1. The molecule has 0 saturated carbocycles. The molecule has 0 spiro atoms. The van der Waals surface area contributed by atoms with Gasteiger partial charge in [0, 0.05) is 22.4 Å². The lowest BCUT2D eigenvalue weighted by atomic mass is 9.99. The molecular formula is C17H13Cl2NO4S. The SMILES string of the molecule is CCc1oc2ccc(Cl)cc2c1C(=O)c1ccc(Cl)c(S(N)(=O)=O)c1. The molecule has 2 aromatic carbocycles. The van der Waals surface area contributed by atoms with E-state index in [2.05, 4.69) is 0 Å². The van der Waals surface area contributed by atoms with Gasteiger partial charge in [-0.1, -0.05) is 30.1 Å². The van der Waals surface area contributed by atoms with Gasteiger partial charge in [-0.15, -0.1) is 0 Å². The van der Waals surface area contributed by atoms with Gasteiger partial charge in [0.1, 0.15) is 16.2 Å². The molecule has 3 rings (SSSR count). The van der Waals surface area contributed by atoms with Crippen molar-refractivity contribution in [1.29, 1.82) is 0 Å². The molecule has 0 saturated heterocycles. The molecular weight excluding hydrogens is 385 g/mol. The minimum absolute atomic E-state index is 0.0464. The summed E-state index contributed by atoms with van der Waals surface area (Å²) in [5.74, 6) is 0.105. The molecule has 0 amide bonds. The van der Waals surface area contributed by atoms with Crippen LogP contribution < -0.4 is 5.14 Å². The Labute approximate surface area is 154 Å². The first-order valence-electron chi connectivity index (χ1n) is 7.30. The van der Waals surface area contributed by atoms with Gasteiger partial charge in [-0.2, -0.15) is 0 Å². The number of aryl methyl sites for hydroxylation is 1. The number of hydrogen-bond acceptors (Lipinski definition) is 4. The fraction of sp³-hybridized carbons (Fsp3) is 0.118. The van der Waals surface area contributed by atoms with Crippen molar-refractivity contribution < 1.29 is 17.6 Å². The summed E-state index contributed by atoms with van der Waals surface area (Å²) >= 11 is 11.9. The first-order chi connectivity index (χ1) is 11.7. The maximum atomic E-state index is 13.0. The molecule has 0 aliphatic rings. The number of furan rings is 1. The number of nitrogens with two attached hydrogens (primary N) is 1. The summed E-state index contributed by atoms with van der Waals surface area (Å²) < 4.78 is 29.0. The van der Waals surface area contributed by atoms with Crippen LogP contribution in [0.15, 0.2) is 45.7 Å². The Morgan fingerprint density at radius 1 is 1.16 bits per heavy atom. The predicted octanol–water partition coefficient (Wildman–Crippen LogP) is 4.18. The average Bonchev–Trinajstić information content (AvgIpc) is 2.91. The van der Waals surface area contributed by atoms with Crippen molar-refractivity contribution in [1.82, 2.24) is 0 Å². The lowest BCUT2D eigenvalue weighted by Crippen LogP contribution is -2.14. The molecule has 0 aliphatic heterocycles. The highest BCUT2D eigenvalue weighted by Crippen LogP contribution is 2.32. The highest BCUT2D eigenvalue weighted by Gasteiger charge is 2.23. The smallest absolute Gasteiger partial charge is 0.239 e. The van der Waals surface area contributed by atoms with Crippen LogP contribution in [0.5, 0.6) is 0 Å². The Balaban J connectivity index is 2.23. The van der Waals surface area contributed by atoms with Crippen molar-refractivity contribution in [2.45, 2.75) is 18.2 Å². The molecule has 0 aliphatic carbocycles. The van der Waals surface area contributed by atoms with E-state index in [-0.39, 0.29) is 21.3 Å². The second kappa shape index (κ2) is 6.46. The van der Waals surface area contributed by atoms with Gasteiger partial charge in [-0.3, -0.25) is 4.79 Å². The number of fused-ring (bicyclic) bond motifs is 1. The molecule has 8 heteroatoms. The van der Waals surface area contributed by atoms with Crippen LogP contribution in [0.1, 0.15) is 28.6 Å². The van der Waals surface area contributed by atoms with Crippen LogP contribution >= 0.6 is 23.2 Å². The Hall–Kier alpha value is -1.86. The van der Waals surface area contributed by atoms with Crippen LogP contribution in [0.3, 0.4) is 0 Å². The summed E-state index contributed by atoms with van der Waals surface area (Å²) in [5.41, 5.74) is 1.03. The second-order valence-electron chi connectivity index (χ2n) is 5.41. The first kappa shape index (κ1) is 17.9. The minimum atomic E-state index is -4.05. The molecule has 0 bridgehead atoms. The van der Waals surface area contributed by atoms with E-state index in [9.17, 15) is 13.2 Å². The van der Waals surface area contributed by atoms with Crippen LogP contribution in [0.25, 0.3) is 11.0 Å². The van der Waals surface area contributed by atoms with Crippen LogP contribution in [0.2, 0.25) is 10.0 Å². The van der Waals surface area contributed by atoms with Crippen LogP contribution in [-0.2, 0) is 16.4 Å². The topological polar surface area (TPSA) is 90.4 Å². The number of halogens is 2. The van der Waals surface area contributed by atoms with Crippen molar-refractivity contribution in [3.8, 4) is 0 Å². The van der Waals surface area contributed by atoms with E-state index in [1.165, 1.54) is 18.2 Å². The zero-order valence-electron chi connectivity index (χ0n) is 13.0. The van der Waals surface area contributed by atoms with Gasteiger partial charge in [-0.05, 0) is 36.4 Å². The third-order valence-electron chi connectivity index (χ3n) is 3.77. The second-order valence-corrected chi connectivity index (χ2v) is 7.79. The Kier molecular flexibility index (Phi) is 4.64. The summed E-state index contributed by atoms with van der Waals surface area (Å²) in [5, 5.41) is 6.14. The third-order valence-corrected chi connectivity index (χ3v) is 5.40. The van der Waals surface area contributed by atoms with Crippen molar-refractivity contribution in [3.63, 3.8) is 0 Å². The van der Waals surface area contributed by atoms with Gasteiger partial charge in [0.05, 0.1) is 10.6 Å². The number of hydrogen-bond donors (Lipinski definition) is 1. The molecule has 5 nitrogen and oxygen atoms in total. The van der Waals surface area contributed by atoms with Gasteiger partial charge < -0.3 is 4.42 Å². The number of sulfonamides is 1. The summed E-state index contributed by atoms with van der Waals surface area (Å²) in [4.78, 5) is 12.7. The fourth-order valence-electron chi connectivity index (χ4n) is 2.63. The molecule has 0 unspecified atom stereocenters. The lowest BCUT2D eigenvalue weighted by Gasteiger charge is -2.06. The molecule has 1 aromatic heterocycles. The van der Waals surface area contributed by atoms with Crippen LogP contribution in [0, 0.1) is 0 Å². The fourth-order valence-corrected chi connectivity index (χ4v) is 3.87. The van der Waals surface area contributed by atoms with Gasteiger partial charge in [-0.25, -0.2) is 13.6 Å². The Morgan fingerprint density at radius 2 is 1.88 bits per heavy atom. The van der Waals surface area contributed by atoms with Crippen molar-refractivity contribution in [2.24, 2.45) is 5.14 Å². The third kappa shape index (κ3) is 3.30. The Morgan fingerprint density at radius 3 is 2.52 bits per heavy atom. The molecule has 130 valence electrons. The van der Waals surface area contributed by atoms with Crippen LogP contribution in [-0.4, -0.2) is 14.2 Å². The Bertz CT molecular complexity index is 1100. The maximum Gasteiger partial charge on any atom is 0.239 e. The molecule has 25 heavy (non-hydrogen) atoms. The number of benzene rings is 2. The maximum absolute atomic E-state index is 13.0. The number of carbonyl (C=O) groups excluding carboxylic acids is 1. The number of rotatable bonds is 4. The quantitative estimate of drug-likeness (QED) is 0.668. The van der Waals surface area contributed by atoms with E-state index < -0.39 is 10.0 Å². The van der Waals surface area contributed by atoms with Crippen molar-refractivity contribution in [3.05, 3.63) is 63.3 Å². The molecule has 0 radical (unpaired) electrons. The van der Waals surface area contributed by atoms with E-state index >= 15 is 0 Å². The molecule has 3 aromatic rings. The first-order valence-corrected chi connectivity index (χ1v) is 9.60. The minimum Gasteiger partial charge on any atom is -0.460 e. The monoisotopic (exact) mass is 397 g/mol. The molecule has 0 fully saturated rings. The van der Waals surface area contributed by atoms with Gasteiger partial charge in [0.2, 0.25) is 10.0 Å². The summed E-state index contributed by atoms with van der Waals surface area (Å²) in [6.45, 7) is 1.85. The van der Waals surface area contributed by atoms with Gasteiger partial charge in [0.25, 0.3) is 0 Å². The molecule has 2 N–H and O–H groups in total. The standard InChI is InChI=1S/C17H13Cl2NO4S/c1-2-13-16(11-8-10(18)4-6-14(11)24-13)17(21)9-3-5-12(19)15(7-9)25(20,22)23/h3-8H,2H2,1H3,(H2,20,22,23).